The Hall–Kier alpha value is -1.92. The summed E-state index contributed by atoms with van der Waals surface area (Å²) in [6.45, 7) is 1.05. The zero-order chi connectivity index (χ0) is 23.6. The summed E-state index contributed by atoms with van der Waals surface area (Å²) in [4.78, 5) is 11.7. The Morgan fingerprint density at radius 2 is 1.91 bits per heavy atom. The third-order valence-electron chi connectivity index (χ3n) is 5.26. The van der Waals surface area contributed by atoms with Crippen LogP contribution in [0.25, 0.3) is 0 Å². The zero-order valence-electron chi connectivity index (χ0n) is 17.4. The summed E-state index contributed by atoms with van der Waals surface area (Å²) in [5.41, 5.74) is 0. The summed E-state index contributed by atoms with van der Waals surface area (Å²) >= 11 is 6.74. The Bertz CT molecular complexity index is 1130. The van der Waals surface area contributed by atoms with Gasteiger partial charge in [-0.2, -0.15) is 0 Å². The predicted octanol–water partition coefficient (Wildman–Crippen LogP) is 1.02. The molecule has 0 amide bonds. The summed E-state index contributed by atoms with van der Waals surface area (Å²) in [5.74, 6) is -0.681. The monoisotopic (exact) mass is 504 g/mol. The number of piperazine rings is 1. The highest BCUT2D eigenvalue weighted by molar-refractivity contribution is 7.92. The number of rotatable bonds is 8. The quantitative estimate of drug-likeness (QED) is 0.498. The Labute approximate surface area is 192 Å². The molecular formula is C20H25ClN2O7S2. The molecular weight excluding hydrogens is 480 g/mol. The molecule has 0 aromatic heterocycles. The first kappa shape index (κ1) is 24.7. The molecule has 2 N–H and O–H groups in total. The van der Waals surface area contributed by atoms with Gasteiger partial charge in [0.15, 0.2) is 26.3 Å². The Kier molecular flexibility index (Phi) is 7.35. The summed E-state index contributed by atoms with van der Waals surface area (Å²) < 4.78 is 55.1. The van der Waals surface area contributed by atoms with Crippen LogP contribution < -0.4 is 5.32 Å². The van der Waals surface area contributed by atoms with E-state index in [9.17, 15) is 21.6 Å². The molecule has 1 aromatic rings. The van der Waals surface area contributed by atoms with E-state index >= 15 is 0 Å². The number of hydrogen-bond acceptors (Lipinski definition) is 8. The van der Waals surface area contributed by atoms with Gasteiger partial charge < -0.3 is 15.2 Å². The van der Waals surface area contributed by atoms with Gasteiger partial charge in [-0.15, -0.1) is 11.6 Å². The van der Waals surface area contributed by atoms with Crippen LogP contribution in [0.5, 0.6) is 0 Å². The number of nitrogens with zero attached hydrogens (tertiary/aromatic N) is 1. The first-order valence-electron chi connectivity index (χ1n) is 9.82. The number of carboxylic acids is 1. The molecule has 2 atom stereocenters. The smallest absolute Gasteiger partial charge is 0.341 e. The Morgan fingerprint density at radius 3 is 2.47 bits per heavy atom. The minimum Gasteiger partial charge on any atom is -0.482 e. The maximum absolute atomic E-state index is 13.3. The van der Waals surface area contributed by atoms with E-state index in [0.717, 1.165) is 6.26 Å². The highest BCUT2D eigenvalue weighted by Gasteiger charge is 2.39. The molecule has 1 aliphatic carbocycles. The van der Waals surface area contributed by atoms with Crippen molar-refractivity contribution in [3.05, 3.63) is 48.3 Å². The van der Waals surface area contributed by atoms with Gasteiger partial charge in [-0.25, -0.2) is 21.6 Å². The van der Waals surface area contributed by atoms with E-state index in [1.807, 2.05) is 0 Å². The molecule has 1 heterocycles. The van der Waals surface area contributed by atoms with E-state index in [4.69, 9.17) is 21.4 Å². The van der Waals surface area contributed by atoms with E-state index in [1.165, 1.54) is 24.3 Å². The summed E-state index contributed by atoms with van der Waals surface area (Å²) in [7, 11) is -7.23. The molecule has 2 unspecified atom stereocenters. The molecule has 0 bridgehead atoms. The SMILES string of the molecule is CS(=O)(=O)c1ccc(S(=O)(=O)C2CNCCN2CC2(Cl)C=CC(OCC(=O)O)=CC2)cc1. The van der Waals surface area contributed by atoms with E-state index in [1.54, 1.807) is 23.1 Å². The summed E-state index contributed by atoms with van der Waals surface area (Å²) in [5, 5.41) is 10.9. The maximum Gasteiger partial charge on any atom is 0.341 e. The second kappa shape index (κ2) is 9.52. The van der Waals surface area contributed by atoms with Gasteiger partial charge in [0.25, 0.3) is 0 Å². The fraction of sp³-hybridized carbons (Fsp3) is 0.450. The number of carboxylic acid groups (broad SMARTS) is 1. The van der Waals surface area contributed by atoms with E-state index in [-0.39, 0.29) is 22.9 Å². The standard InChI is InChI=1S/C20H25ClN2O7S2/c1-31(26,27)16-2-4-17(5-3-16)32(28,29)18-12-22-10-11-23(18)14-20(21)8-6-15(7-9-20)30-13-19(24)25/h2-8,18,22H,9-14H2,1H3,(H,24,25). The fourth-order valence-corrected chi connectivity index (χ4v) is 6.25. The minimum atomic E-state index is -3.80. The molecule has 0 saturated carbocycles. The van der Waals surface area contributed by atoms with Crippen LogP contribution in [0.3, 0.4) is 0 Å². The van der Waals surface area contributed by atoms with Crippen molar-refractivity contribution in [3.63, 3.8) is 0 Å². The minimum absolute atomic E-state index is 0.0376. The molecule has 0 spiro atoms. The fourth-order valence-electron chi connectivity index (χ4n) is 3.59. The maximum atomic E-state index is 13.3. The topological polar surface area (TPSA) is 130 Å². The lowest BCUT2D eigenvalue weighted by Gasteiger charge is -2.40. The van der Waals surface area contributed by atoms with Crippen molar-refractivity contribution in [2.75, 3.05) is 39.0 Å². The second-order valence-corrected chi connectivity index (χ2v) is 12.7. The van der Waals surface area contributed by atoms with Gasteiger partial charge in [0.2, 0.25) is 0 Å². The highest BCUT2D eigenvalue weighted by atomic mass is 35.5. The van der Waals surface area contributed by atoms with E-state index in [0.29, 0.717) is 25.3 Å². The third-order valence-corrected chi connectivity index (χ3v) is 8.90. The van der Waals surface area contributed by atoms with Gasteiger partial charge in [-0.3, -0.25) is 4.90 Å². The number of allylic oxidation sites excluding steroid dienone is 2. The van der Waals surface area contributed by atoms with Crippen LogP contribution in [-0.4, -0.2) is 82.1 Å². The van der Waals surface area contributed by atoms with Gasteiger partial charge in [-0.1, -0.05) is 6.08 Å². The zero-order valence-corrected chi connectivity index (χ0v) is 19.8. The van der Waals surface area contributed by atoms with Crippen molar-refractivity contribution in [1.29, 1.82) is 0 Å². The van der Waals surface area contributed by atoms with Gasteiger partial charge in [0.1, 0.15) is 11.1 Å². The van der Waals surface area contributed by atoms with Gasteiger partial charge in [0, 0.05) is 32.4 Å². The number of aliphatic carboxylic acids is 1. The van der Waals surface area contributed by atoms with Crippen molar-refractivity contribution < 1.29 is 31.5 Å². The molecule has 9 nitrogen and oxygen atoms in total. The predicted molar refractivity (Wildman–Crippen MR) is 119 cm³/mol. The number of halogens is 1. The number of sulfone groups is 2. The van der Waals surface area contributed by atoms with Crippen LogP contribution >= 0.6 is 11.6 Å². The van der Waals surface area contributed by atoms with Crippen molar-refractivity contribution in [2.24, 2.45) is 0 Å². The first-order chi connectivity index (χ1) is 14.9. The normalized spacial score (nSPS) is 24.7. The number of alkyl halides is 1. The largest absolute Gasteiger partial charge is 0.482 e. The van der Waals surface area contributed by atoms with Crippen molar-refractivity contribution in [3.8, 4) is 0 Å². The van der Waals surface area contributed by atoms with Crippen LogP contribution in [-0.2, 0) is 29.2 Å². The number of ether oxygens (including phenoxy) is 1. The van der Waals surface area contributed by atoms with Crippen molar-refractivity contribution in [2.45, 2.75) is 26.5 Å². The summed E-state index contributed by atoms with van der Waals surface area (Å²) in [6, 6.07) is 5.20. The van der Waals surface area contributed by atoms with Crippen LogP contribution in [0.4, 0.5) is 0 Å². The molecule has 1 aromatic carbocycles. The van der Waals surface area contributed by atoms with Gasteiger partial charge >= 0.3 is 5.97 Å². The second-order valence-electron chi connectivity index (χ2n) is 7.78. The van der Waals surface area contributed by atoms with E-state index < -0.39 is 42.5 Å². The highest BCUT2D eigenvalue weighted by Crippen LogP contribution is 2.32. The van der Waals surface area contributed by atoms with Gasteiger partial charge in [0.05, 0.1) is 14.7 Å². The molecule has 1 fully saturated rings. The number of hydrogen-bond donors (Lipinski definition) is 2. The molecule has 12 heteroatoms. The molecule has 1 saturated heterocycles. The Morgan fingerprint density at radius 1 is 1.25 bits per heavy atom. The van der Waals surface area contributed by atoms with Gasteiger partial charge in [-0.05, 0) is 42.8 Å². The van der Waals surface area contributed by atoms with Crippen LogP contribution in [0.1, 0.15) is 6.42 Å². The Balaban J connectivity index is 1.76. The molecule has 176 valence electrons. The molecule has 3 rings (SSSR count). The number of nitrogens with one attached hydrogen (secondary N) is 1. The lowest BCUT2D eigenvalue weighted by molar-refractivity contribution is -0.140. The van der Waals surface area contributed by atoms with Crippen molar-refractivity contribution in [1.82, 2.24) is 10.2 Å². The molecule has 32 heavy (non-hydrogen) atoms. The number of carbonyl (C=O) groups is 1. The van der Waals surface area contributed by atoms with Crippen molar-refractivity contribution >= 4 is 37.2 Å². The van der Waals surface area contributed by atoms with E-state index in [2.05, 4.69) is 5.32 Å². The average molecular weight is 505 g/mol. The van der Waals surface area contributed by atoms with Crippen LogP contribution in [0.2, 0.25) is 0 Å². The first-order valence-corrected chi connectivity index (χ1v) is 13.6. The average Bonchev–Trinajstić information content (AvgIpc) is 2.73. The number of benzene rings is 1. The lowest BCUT2D eigenvalue weighted by Crippen LogP contribution is -2.57. The molecule has 2 aliphatic rings. The lowest BCUT2D eigenvalue weighted by atomic mass is 9.98. The molecule has 1 aliphatic heterocycles. The van der Waals surface area contributed by atoms with Crippen LogP contribution in [0.15, 0.2) is 58.0 Å². The third kappa shape index (κ3) is 5.90. The summed E-state index contributed by atoms with van der Waals surface area (Å²) in [6.07, 6.45) is 6.38. The molecule has 0 radical (unpaired) electrons. The van der Waals surface area contributed by atoms with Crippen LogP contribution in [0, 0.1) is 0 Å².